The molecule has 0 bridgehead atoms. The summed E-state index contributed by atoms with van der Waals surface area (Å²) in [5, 5.41) is 3.83. The van der Waals surface area contributed by atoms with Crippen LogP contribution in [0.25, 0.3) is 10.9 Å². The summed E-state index contributed by atoms with van der Waals surface area (Å²) in [5.74, 6) is 1.96. The first kappa shape index (κ1) is 23.0. The lowest BCUT2D eigenvalue weighted by atomic mass is 9.85. The predicted octanol–water partition coefficient (Wildman–Crippen LogP) is 4.00. The molecule has 1 aliphatic rings. The second-order valence-corrected chi connectivity index (χ2v) is 10.2. The third kappa shape index (κ3) is 5.27. The van der Waals surface area contributed by atoms with Gasteiger partial charge in [0.15, 0.2) is 0 Å². The molecule has 1 aromatic heterocycles. The molecule has 6 nitrogen and oxygen atoms in total. The van der Waals surface area contributed by atoms with E-state index in [-0.39, 0.29) is 34.6 Å². The van der Waals surface area contributed by atoms with Crippen LogP contribution in [-0.2, 0) is 14.8 Å². The van der Waals surface area contributed by atoms with E-state index >= 15 is 0 Å². The summed E-state index contributed by atoms with van der Waals surface area (Å²) in [6.07, 6.45) is 7.74. The van der Waals surface area contributed by atoms with E-state index in [4.69, 9.17) is 6.42 Å². The van der Waals surface area contributed by atoms with E-state index in [1.165, 1.54) is 12.1 Å². The van der Waals surface area contributed by atoms with E-state index in [0.29, 0.717) is 36.9 Å². The smallest absolute Gasteiger partial charge is 0.240 e. The fraction of sp³-hybridized carbons (Fsp3) is 0.320. The Hall–Kier alpha value is -3.15. The van der Waals surface area contributed by atoms with Crippen molar-refractivity contribution < 1.29 is 17.6 Å². The summed E-state index contributed by atoms with van der Waals surface area (Å²) in [6, 6.07) is 12.3. The monoisotopic (exact) mass is 467 g/mol. The van der Waals surface area contributed by atoms with Crippen LogP contribution in [0.4, 0.5) is 4.39 Å². The van der Waals surface area contributed by atoms with E-state index in [1.807, 2.05) is 6.92 Å². The van der Waals surface area contributed by atoms with Gasteiger partial charge in [-0.25, -0.2) is 17.5 Å². The Kier molecular flexibility index (Phi) is 6.54. The maximum atomic E-state index is 13.1. The molecule has 1 atom stereocenters. The molecular formula is C25H26FN3O3S. The van der Waals surface area contributed by atoms with Gasteiger partial charge in [-0.05, 0) is 68.5 Å². The summed E-state index contributed by atoms with van der Waals surface area (Å²) in [5.41, 5.74) is 2.10. The predicted molar refractivity (Wildman–Crippen MR) is 125 cm³/mol. The van der Waals surface area contributed by atoms with Gasteiger partial charge in [-0.2, -0.15) is 0 Å². The highest BCUT2D eigenvalue weighted by Gasteiger charge is 2.30. The minimum absolute atomic E-state index is 0.0605. The number of H-pyrrole nitrogens is 1. The highest BCUT2D eigenvalue weighted by atomic mass is 32.2. The molecule has 0 spiro atoms. The van der Waals surface area contributed by atoms with Crippen molar-refractivity contribution in [2.45, 2.75) is 49.6 Å². The molecule has 3 aromatic rings. The number of carbonyl (C=O) groups is 1. The molecule has 1 amide bonds. The van der Waals surface area contributed by atoms with Gasteiger partial charge in [0.05, 0.1) is 16.6 Å². The standard InChI is InChI=1S/C25H26FN3O3S/c1-3-21-14-19-8-13-23(15-24(19)28-21)33(31,32)29-22-11-6-18(7-12-22)25(30)27-16(2)17-4-9-20(26)10-5-17/h1,4-5,8-10,13-16,18,22,28-29H,6-7,11-12H2,2H3,(H,27,30)/t16-,18?,22?/m1/s1. The van der Waals surface area contributed by atoms with Crippen molar-refractivity contribution in [2.75, 3.05) is 0 Å². The Balaban J connectivity index is 1.33. The number of benzene rings is 2. The Bertz CT molecular complexity index is 1300. The van der Waals surface area contributed by atoms with Crippen molar-refractivity contribution in [2.24, 2.45) is 5.92 Å². The van der Waals surface area contributed by atoms with Crippen LogP contribution < -0.4 is 10.0 Å². The van der Waals surface area contributed by atoms with Crippen molar-refractivity contribution in [3.8, 4) is 12.3 Å². The first-order chi connectivity index (χ1) is 15.7. The van der Waals surface area contributed by atoms with Crippen LogP contribution in [0.5, 0.6) is 0 Å². The van der Waals surface area contributed by atoms with Crippen LogP contribution in [0.15, 0.2) is 53.4 Å². The maximum Gasteiger partial charge on any atom is 0.240 e. The van der Waals surface area contributed by atoms with E-state index in [1.54, 1.807) is 36.4 Å². The van der Waals surface area contributed by atoms with Crippen molar-refractivity contribution in [1.29, 1.82) is 0 Å². The molecule has 8 heteroatoms. The number of amides is 1. The highest BCUT2D eigenvalue weighted by Crippen LogP contribution is 2.27. The summed E-state index contributed by atoms with van der Waals surface area (Å²) in [4.78, 5) is 15.9. The number of fused-ring (bicyclic) bond motifs is 1. The molecule has 1 heterocycles. The highest BCUT2D eigenvalue weighted by molar-refractivity contribution is 7.89. The fourth-order valence-electron chi connectivity index (χ4n) is 4.28. The minimum Gasteiger partial charge on any atom is -0.349 e. The van der Waals surface area contributed by atoms with Crippen LogP contribution in [0.3, 0.4) is 0 Å². The Morgan fingerprint density at radius 2 is 1.82 bits per heavy atom. The third-order valence-electron chi connectivity index (χ3n) is 6.21. The number of halogens is 1. The molecule has 0 unspecified atom stereocenters. The number of sulfonamides is 1. The molecule has 33 heavy (non-hydrogen) atoms. The van der Waals surface area contributed by atoms with Crippen LogP contribution in [0, 0.1) is 24.1 Å². The fourth-order valence-corrected chi connectivity index (χ4v) is 5.61. The quantitative estimate of drug-likeness (QED) is 0.479. The molecule has 0 saturated heterocycles. The van der Waals surface area contributed by atoms with Gasteiger partial charge in [0.2, 0.25) is 15.9 Å². The second-order valence-electron chi connectivity index (χ2n) is 8.53. The van der Waals surface area contributed by atoms with E-state index in [9.17, 15) is 17.6 Å². The van der Waals surface area contributed by atoms with Crippen LogP contribution in [0.1, 0.15) is 49.9 Å². The molecule has 4 rings (SSSR count). The Labute approximate surface area is 193 Å². The lowest BCUT2D eigenvalue weighted by molar-refractivity contribution is -0.126. The number of terminal acetylenes is 1. The topological polar surface area (TPSA) is 91.1 Å². The third-order valence-corrected chi connectivity index (χ3v) is 7.73. The van der Waals surface area contributed by atoms with Gasteiger partial charge >= 0.3 is 0 Å². The van der Waals surface area contributed by atoms with E-state index < -0.39 is 10.0 Å². The van der Waals surface area contributed by atoms with Gasteiger partial charge in [-0.15, -0.1) is 6.42 Å². The van der Waals surface area contributed by atoms with Crippen molar-refractivity contribution in [1.82, 2.24) is 15.0 Å². The number of rotatable bonds is 6. The number of carbonyl (C=O) groups excluding carboxylic acids is 1. The molecule has 1 saturated carbocycles. The molecule has 172 valence electrons. The number of aromatic nitrogens is 1. The summed E-state index contributed by atoms with van der Waals surface area (Å²) in [6.45, 7) is 1.86. The Morgan fingerprint density at radius 3 is 2.48 bits per heavy atom. The molecule has 1 aliphatic carbocycles. The first-order valence-electron chi connectivity index (χ1n) is 10.9. The number of nitrogens with one attached hydrogen (secondary N) is 3. The molecule has 2 aromatic carbocycles. The lowest BCUT2D eigenvalue weighted by Crippen LogP contribution is -2.41. The zero-order valence-electron chi connectivity index (χ0n) is 18.3. The minimum atomic E-state index is -3.70. The van der Waals surface area contributed by atoms with Gasteiger partial charge in [0, 0.05) is 22.9 Å². The zero-order valence-corrected chi connectivity index (χ0v) is 19.1. The van der Waals surface area contributed by atoms with Gasteiger partial charge in [0.1, 0.15) is 5.82 Å². The molecule has 1 fully saturated rings. The lowest BCUT2D eigenvalue weighted by Gasteiger charge is -2.29. The van der Waals surface area contributed by atoms with E-state index in [0.717, 1.165) is 10.9 Å². The SMILES string of the molecule is C#Cc1cc2ccc(S(=O)(=O)NC3CCC(C(=O)N[C@H](C)c4ccc(F)cc4)CC3)cc2[nH]1. The number of hydrogen-bond acceptors (Lipinski definition) is 3. The first-order valence-corrected chi connectivity index (χ1v) is 12.4. The number of hydrogen-bond donors (Lipinski definition) is 3. The average Bonchev–Trinajstić information content (AvgIpc) is 3.22. The van der Waals surface area contributed by atoms with Gasteiger partial charge in [-0.3, -0.25) is 4.79 Å². The summed E-state index contributed by atoms with van der Waals surface area (Å²) in [7, 11) is -3.70. The normalized spacial score (nSPS) is 19.7. The van der Waals surface area contributed by atoms with Crippen molar-refractivity contribution in [3.05, 3.63) is 65.6 Å². The molecular weight excluding hydrogens is 441 g/mol. The molecule has 0 aliphatic heterocycles. The van der Waals surface area contributed by atoms with Gasteiger partial charge in [0.25, 0.3) is 0 Å². The average molecular weight is 468 g/mol. The summed E-state index contributed by atoms with van der Waals surface area (Å²) < 4.78 is 41.7. The molecule has 0 radical (unpaired) electrons. The van der Waals surface area contributed by atoms with Crippen molar-refractivity contribution >= 4 is 26.8 Å². The van der Waals surface area contributed by atoms with Gasteiger partial charge < -0.3 is 10.3 Å². The zero-order chi connectivity index (χ0) is 23.6. The van der Waals surface area contributed by atoms with Crippen LogP contribution >= 0.6 is 0 Å². The maximum absolute atomic E-state index is 13.1. The van der Waals surface area contributed by atoms with Crippen LogP contribution in [0.2, 0.25) is 0 Å². The van der Waals surface area contributed by atoms with Crippen LogP contribution in [-0.4, -0.2) is 25.4 Å². The largest absolute Gasteiger partial charge is 0.349 e. The van der Waals surface area contributed by atoms with Crippen molar-refractivity contribution in [3.63, 3.8) is 0 Å². The van der Waals surface area contributed by atoms with Gasteiger partial charge in [-0.1, -0.05) is 24.1 Å². The second kappa shape index (κ2) is 9.38. The number of aromatic amines is 1. The van der Waals surface area contributed by atoms with E-state index in [2.05, 4.69) is 20.9 Å². The Morgan fingerprint density at radius 1 is 1.12 bits per heavy atom. The molecule has 3 N–H and O–H groups in total. The summed E-state index contributed by atoms with van der Waals surface area (Å²) >= 11 is 0.